The van der Waals surface area contributed by atoms with Gasteiger partial charge in [0.15, 0.2) is 5.82 Å². The molecule has 0 spiro atoms. The van der Waals surface area contributed by atoms with Crippen molar-refractivity contribution in [2.75, 3.05) is 25.2 Å². The molecule has 1 rings (SSSR count). The van der Waals surface area contributed by atoms with Gasteiger partial charge in [-0.05, 0) is 33.3 Å². The third kappa shape index (κ3) is 2.96. The zero-order valence-electron chi connectivity index (χ0n) is 11.7. The lowest BCUT2D eigenvalue weighted by Gasteiger charge is -2.28. The van der Waals surface area contributed by atoms with E-state index < -0.39 is 0 Å². The van der Waals surface area contributed by atoms with Gasteiger partial charge in [-0.3, -0.25) is 0 Å². The van der Waals surface area contributed by atoms with E-state index in [1.807, 2.05) is 18.7 Å². The molecule has 0 radical (unpaired) electrons. The van der Waals surface area contributed by atoms with Gasteiger partial charge in [-0.2, -0.15) is 10.4 Å². The fourth-order valence-electron chi connectivity index (χ4n) is 1.73. The minimum Gasteiger partial charge on any atom is -0.383 e. The molecular weight excluding hydrogens is 228 g/mol. The minimum absolute atomic E-state index is 0.239. The van der Waals surface area contributed by atoms with Crippen LogP contribution in [-0.4, -0.2) is 36.5 Å². The van der Waals surface area contributed by atoms with E-state index in [1.54, 1.807) is 7.11 Å². The highest BCUT2D eigenvalue weighted by molar-refractivity contribution is 5.57. The summed E-state index contributed by atoms with van der Waals surface area (Å²) in [7, 11) is 1.66. The molecule has 1 heterocycles. The molecule has 1 aromatic heterocycles. The van der Waals surface area contributed by atoms with Crippen LogP contribution in [0.1, 0.15) is 30.7 Å². The highest BCUT2D eigenvalue weighted by atomic mass is 16.5. The number of rotatable bonds is 5. The number of hydrogen-bond donors (Lipinski definition) is 0. The van der Waals surface area contributed by atoms with Gasteiger partial charge in [0.25, 0.3) is 0 Å². The first-order valence-electron chi connectivity index (χ1n) is 6.02. The van der Waals surface area contributed by atoms with Gasteiger partial charge < -0.3 is 9.64 Å². The van der Waals surface area contributed by atoms with Crippen LogP contribution in [0.25, 0.3) is 0 Å². The second-order valence-corrected chi connectivity index (χ2v) is 4.50. The van der Waals surface area contributed by atoms with Crippen molar-refractivity contribution in [1.82, 2.24) is 10.2 Å². The van der Waals surface area contributed by atoms with Crippen LogP contribution < -0.4 is 4.90 Å². The number of nitriles is 1. The predicted octanol–water partition coefficient (Wildman–Crippen LogP) is 1.83. The maximum atomic E-state index is 9.30. The zero-order valence-corrected chi connectivity index (χ0v) is 11.7. The summed E-state index contributed by atoms with van der Waals surface area (Å²) in [5, 5.41) is 17.6. The van der Waals surface area contributed by atoms with Crippen molar-refractivity contribution in [3.8, 4) is 6.07 Å². The quantitative estimate of drug-likeness (QED) is 0.795. The van der Waals surface area contributed by atoms with E-state index in [9.17, 15) is 5.26 Å². The molecule has 98 valence electrons. The molecular formula is C13H20N4O. The van der Waals surface area contributed by atoms with Crippen molar-refractivity contribution in [1.29, 1.82) is 5.26 Å². The van der Waals surface area contributed by atoms with Gasteiger partial charge in [0.1, 0.15) is 11.6 Å². The van der Waals surface area contributed by atoms with Crippen LogP contribution in [-0.2, 0) is 4.74 Å². The molecule has 0 atom stereocenters. The Balaban J connectivity index is 3.20. The molecule has 5 nitrogen and oxygen atoms in total. The average molecular weight is 248 g/mol. The maximum Gasteiger partial charge on any atom is 0.169 e. The smallest absolute Gasteiger partial charge is 0.169 e. The largest absolute Gasteiger partial charge is 0.383 e. The van der Waals surface area contributed by atoms with E-state index in [0.29, 0.717) is 24.5 Å². The average Bonchev–Trinajstić information content (AvgIpc) is 2.33. The van der Waals surface area contributed by atoms with Gasteiger partial charge in [0.05, 0.1) is 12.3 Å². The van der Waals surface area contributed by atoms with Crippen LogP contribution >= 0.6 is 0 Å². The van der Waals surface area contributed by atoms with Crippen LogP contribution in [0.15, 0.2) is 0 Å². The number of ether oxygens (including phenoxy) is 1. The molecule has 0 aliphatic carbocycles. The Kier molecular flexibility index (Phi) is 5.05. The van der Waals surface area contributed by atoms with Crippen molar-refractivity contribution >= 4 is 5.82 Å². The van der Waals surface area contributed by atoms with Crippen molar-refractivity contribution < 1.29 is 4.74 Å². The third-order valence-electron chi connectivity index (χ3n) is 2.98. The lowest BCUT2D eigenvalue weighted by Crippen LogP contribution is -2.35. The molecule has 0 fully saturated rings. The fraction of sp³-hybridized carbons (Fsp3) is 0.615. The molecule has 0 aliphatic rings. The Bertz CT molecular complexity index is 451. The Hall–Kier alpha value is -1.67. The van der Waals surface area contributed by atoms with E-state index in [4.69, 9.17) is 4.74 Å². The summed E-state index contributed by atoms with van der Waals surface area (Å²) in [6.07, 6.45) is 0. The monoisotopic (exact) mass is 248 g/mol. The van der Waals surface area contributed by atoms with Gasteiger partial charge in [-0.15, -0.1) is 5.10 Å². The number of anilines is 1. The molecule has 0 bridgehead atoms. The Morgan fingerprint density at radius 3 is 2.50 bits per heavy atom. The second-order valence-electron chi connectivity index (χ2n) is 4.50. The number of hydrogen-bond acceptors (Lipinski definition) is 5. The predicted molar refractivity (Wildman–Crippen MR) is 70.6 cm³/mol. The Labute approximate surface area is 108 Å². The summed E-state index contributed by atoms with van der Waals surface area (Å²) in [6.45, 7) is 9.18. The summed E-state index contributed by atoms with van der Waals surface area (Å²) in [6, 6.07) is 2.47. The molecule has 18 heavy (non-hydrogen) atoms. The summed E-state index contributed by atoms with van der Waals surface area (Å²) in [4.78, 5) is 2.04. The molecule has 0 amide bonds. The molecule has 5 heteroatoms. The number of aryl methyl sites for hydroxylation is 1. The minimum atomic E-state index is 0.239. The molecule has 0 aromatic carbocycles. The van der Waals surface area contributed by atoms with Gasteiger partial charge in [-0.1, -0.05) is 0 Å². The normalized spacial score (nSPS) is 10.5. The zero-order chi connectivity index (χ0) is 13.7. The summed E-state index contributed by atoms with van der Waals surface area (Å²) < 4.78 is 5.10. The highest BCUT2D eigenvalue weighted by Gasteiger charge is 2.19. The third-order valence-corrected chi connectivity index (χ3v) is 2.98. The van der Waals surface area contributed by atoms with E-state index >= 15 is 0 Å². The van der Waals surface area contributed by atoms with E-state index in [1.165, 1.54) is 0 Å². The number of aromatic nitrogens is 2. The number of nitrogens with zero attached hydrogens (tertiary/aromatic N) is 4. The molecule has 0 N–H and O–H groups in total. The fourth-order valence-corrected chi connectivity index (χ4v) is 1.73. The topological polar surface area (TPSA) is 62.0 Å². The van der Waals surface area contributed by atoms with E-state index in [2.05, 4.69) is 30.1 Å². The van der Waals surface area contributed by atoms with Crippen molar-refractivity contribution in [2.45, 2.75) is 33.7 Å². The number of methoxy groups -OCH3 is 1. The van der Waals surface area contributed by atoms with E-state index in [-0.39, 0.29) is 6.04 Å². The maximum absolute atomic E-state index is 9.30. The van der Waals surface area contributed by atoms with Crippen LogP contribution in [0.4, 0.5) is 5.82 Å². The highest BCUT2D eigenvalue weighted by Crippen LogP contribution is 2.22. The van der Waals surface area contributed by atoms with Crippen LogP contribution in [0.2, 0.25) is 0 Å². The lowest BCUT2D eigenvalue weighted by molar-refractivity contribution is 0.203. The van der Waals surface area contributed by atoms with Crippen molar-refractivity contribution in [3.05, 3.63) is 16.8 Å². The first kappa shape index (κ1) is 14.4. The standard InChI is InChI=1S/C13H20N4O/c1-9(2)17(6-7-18-5)13-12(8-14)10(3)11(4)15-16-13/h9H,6-7H2,1-5H3. The van der Waals surface area contributed by atoms with Gasteiger partial charge in [0.2, 0.25) is 0 Å². The molecule has 0 saturated carbocycles. The Morgan fingerprint density at radius 2 is 2.00 bits per heavy atom. The van der Waals surface area contributed by atoms with Gasteiger partial charge >= 0.3 is 0 Å². The van der Waals surface area contributed by atoms with Gasteiger partial charge in [-0.25, -0.2) is 0 Å². The van der Waals surface area contributed by atoms with Crippen LogP contribution in [0.5, 0.6) is 0 Å². The summed E-state index contributed by atoms with van der Waals surface area (Å²) in [5.74, 6) is 0.646. The summed E-state index contributed by atoms with van der Waals surface area (Å²) >= 11 is 0. The Morgan fingerprint density at radius 1 is 1.33 bits per heavy atom. The second kappa shape index (κ2) is 6.31. The lowest BCUT2D eigenvalue weighted by atomic mass is 10.1. The first-order valence-corrected chi connectivity index (χ1v) is 6.02. The molecule has 0 saturated heterocycles. The summed E-state index contributed by atoms with van der Waals surface area (Å²) in [5.41, 5.74) is 2.30. The molecule has 0 aliphatic heterocycles. The molecule has 0 unspecified atom stereocenters. The SMILES string of the molecule is COCCN(c1nnc(C)c(C)c1C#N)C(C)C. The molecule has 1 aromatic rings. The first-order chi connectivity index (χ1) is 8.52. The van der Waals surface area contributed by atoms with Gasteiger partial charge in [0, 0.05) is 19.7 Å². The van der Waals surface area contributed by atoms with Crippen LogP contribution in [0.3, 0.4) is 0 Å². The van der Waals surface area contributed by atoms with E-state index in [0.717, 1.165) is 11.3 Å². The van der Waals surface area contributed by atoms with Crippen LogP contribution in [0, 0.1) is 25.2 Å². The van der Waals surface area contributed by atoms with Crippen molar-refractivity contribution in [3.63, 3.8) is 0 Å². The van der Waals surface area contributed by atoms with Crippen molar-refractivity contribution in [2.24, 2.45) is 0 Å².